The summed E-state index contributed by atoms with van der Waals surface area (Å²) in [5, 5.41) is 0.413. The molecule has 1 aromatic heterocycles. The normalized spacial score (nSPS) is 13.6. The molecule has 0 atom stereocenters. The number of ketones is 1. The average Bonchev–Trinajstić information content (AvgIpc) is 3.05. The number of rotatable bonds is 10. The van der Waals surface area contributed by atoms with Crippen LogP contribution in [0.25, 0.3) is 10.9 Å². The first-order chi connectivity index (χ1) is 21.3. The van der Waals surface area contributed by atoms with Gasteiger partial charge in [0.15, 0.2) is 11.5 Å². The van der Waals surface area contributed by atoms with E-state index >= 15 is 0 Å². The van der Waals surface area contributed by atoms with Gasteiger partial charge in [0.05, 0.1) is 31.7 Å². The SMILES string of the molecule is COc1ccc(Cn2c(=O)c3cc(CCC(C)=O)ccc3n(C3CCN(C(=O)OCc4ccccc4)CC3)c2=O)cc1OC. The zero-order valence-electron chi connectivity index (χ0n) is 25.3. The number of benzene rings is 3. The highest BCUT2D eigenvalue weighted by atomic mass is 16.6. The van der Waals surface area contributed by atoms with Crippen molar-refractivity contribution in [1.29, 1.82) is 0 Å². The summed E-state index contributed by atoms with van der Waals surface area (Å²) >= 11 is 0. The molecule has 0 spiro atoms. The van der Waals surface area contributed by atoms with Crippen LogP contribution in [-0.4, -0.2) is 53.2 Å². The number of ether oxygens (including phenoxy) is 3. The average molecular weight is 600 g/mol. The van der Waals surface area contributed by atoms with Crippen molar-refractivity contribution in [1.82, 2.24) is 14.0 Å². The van der Waals surface area contributed by atoms with Crippen LogP contribution in [-0.2, 0) is 29.1 Å². The highest BCUT2D eigenvalue weighted by Gasteiger charge is 2.28. The van der Waals surface area contributed by atoms with E-state index in [2.05, 4.69) is 0 Å². The summed E-state index contributed by atoms with van der Waals surface area (Å²) in [6.45, 7) is 2.60. The van der Waals surface area contributed by atoms with Crippen molar-refractivity contribution < 1.29 is 23.8 Å². The van der Waals surface area contributed by atoms with Crippen LogP contribution in [0, 0.1) is 0 Å². The summed E-state index contributed by atoms with van der Waals surface area (Å²) < 4.78 is 19.2. The Morgan fingerprint density at radius 2 is 1.55 bits per heavy atom. The molecular weight excluding hydrogens is 562 g/mol. The molecule has 2 heterocycles. The molecule has 4 aromatic rings. The summed E-state index contributed by atoms with van der Waals surface area (Å²) in [6.07, 6.45) is 1.52. The van der Waals surface area contributed by atoms with Crippen LogP contribution < -0.4 is 20.7 Å². The molecule has 230 valence electrons. The third-order valence-corrected chi connectivity index (χ3v) is 8.08. The molecule has 5 rings (SSSR count). The van der Waals surface area contributed by atoms with E-state index in [4.69, 9.17) is 14.2 Å². The third-order valence-electron chi connectivity index (χ3n) is 8.08. The molecule has 10 heteroatoms. The zero-order chi connectivity index (χ0) is 31.2. The summed E-state index contributed by atoms with van der Waals surface area (Å²) in [5.74, 6) is 1.11. The molecule has 1 aliphatic rings. The maximum Gasteiger partial charge on any atom is 0.410 e. The summed E-state index contributed by atoms with van der Waals surface area (Å²) in [5.41, 5.74) is 2.19. The van der Waals surface area contributed by atoms with Gasteiger partial charge < -0.3 is 23.9 Å². The van der Waals surface area contributed by atoms with Crippen molar-refractivity contribution in [3.63, 3.8) is 0 Å². The Bertz CT molecular complexity index is 1770. The van der Waals surface area contributed by atoms with Gasteiger partial charge in [-0.2, -0.15) is 0 Å². The smallest absolute Gasteiger partial charge is 0.410 e. The van der Waals surface area contributed by atoms with E-state index in [1.807, 2.05) is 36.4 Å². The van der Waals surface area contributed by atoms with Gasteiger partial charge in [-0.15, -0.1) is 0 Å². The Labute approximate surface area is 255 Å². The van der Waals surface area contributed by atoms with Crippen LogP contribution >= 0.6 is 0 Å². The number of likely N-dealkylation sites (tertiary alicyclic amines) is 1. The van der Waals surface area contributed by atoms with Crippen molar-refractivity contribution in [3.05, 3.63) is 104 Å². The molecule has 0 bridgehead atoms. The molecule has 44 heavy (non-hydrogen) atoms. The van der Waals surface area contributed by atoms with Gasteiger partial charge in [-0.3, -0.25) is 13.9 Å². The van der Waals surface area contributed by atoms with E-state index in [0.29, 0.717) is 66.7 Å². The molecule has 1 saturated heterocycles. The number of carbonyl (C=O) groups excluding carboxylic acids is 2. The molecular formula is C34H37N3O7. The molecule has 1 amide bonds. The number of carbonyl (C=O) groups is 2. The summed E-state index contributed by atoms with van der Waals surface area (Å²) in [4.78, 5) is 54.0. The van der Waals surface area contributed by atoms with Gasteiger partial charge in [-0.25, -0.2) is 9.59 Å². The highest BCUT2D eigenvalue weighted by Crippen LogP contribution is 2.28. The standard InChI is InChI=1S/C34H37N3O7/c1-23(38)9-10-24-11-13-29-28(19-24)32(39)36(21-26-12-14-30(42-2)31(20-26)43-3)33(40)37(29)27-15-17-35(18-16-27)34(41)44-22-25-7-5-4-6-8-25/h4-8,11-14,19-20,27H,9-10,15-18,21-22H2,1-3H3. The predicted molar refractivity (Wildman–Crippen MR) is 167 cm³/mol. The maximum absolute atomic E-state index is 14.1. The van der Waals surface area contributed by atoms with Gasteiger partial charge >= 0.3 is 11.8 Å². The van der Waals surface area contributed by atoms with E-state index < -0.39 is 17.3 Å². The molecule has 0 saturated carbocycles. The van der Waals surface area contributed by atoms with Gasteiger partial charge in [-0.05, 0) is 67.1 Å². The number of fused-ring (bicyclic) bond motifs is 1. The lowest BCUT2D eigenvalue weighted by Crippen LogP contribution is -2.45. The molecule has 0 aliphatic carbocycles. The summed E-state index contributed by atoms with van der Waals surface area (Å²) in [7, 11) is 3.07. The van der Waals surface area contributed by atoms with Gasteiger partial charge in [-0.1, -0.05) is 42.5 Å². The Balaban J connectivity index is 1.46. The Morgan fingerprint density at radius 1 is 0.841 bits per heavy atom. The second kappa shape index (κ2) is 13.6. The zero-order valence-corrected chi connectivity index (χ0v) is 25.3. The number of nitrogens with zero attached hydrogens (tertiary/aromatic N) is 3. The largest absolute Gasteiger partial charge is 0.493 e. The predicted octanol–water partition coefficient (Wildman–Crippen LogP) is 4.72. The number of methoxy groups -OCH3 is 2. The molecule has 0 N–H and O–H groups in total. The van der Waals surface area contributed by atoms with Crippen molar-refractivity contribution in [2.45, 2.75) is 51.8 Å². The van der Waals surface area contributed by atoms with Crippen LogP contribution in [0.1, 0.15) is 48.9 Å². The molecule has 3 aromatic carbocycles. The third kappa shape index (κ3) is 6.69. The van der Waals surface area contributed by atoms with E-state index in [1.54, 1.807) is 53.8 Å². The van der Waals surface area contributed by atoms with Crippen molar-refractivity contribution in [2.75, 3.05) is 27.3 Å². The Hall–Kier alpha value is -4.86. The maximum atomic E-state index is 14.1. The number of Topliss-reactive ketones (excluding diaryl/α,β-unsaturated/α-hetero) is 1. The van der Waals surface area contributed by atoms with Crippen LogP contribution in [0.15, 0.2) is 76.3 Å². The molecule has 0 unspecified atom stereocenters. The lowest BCUT2D eigenvalue weighted by atomic mass is 10.0. The Morgan fingerprint density at radius 3 is 2.23 bits per heavy atom. The minimum atomic E-state index is -0.418. The first-order valence-corrected chi connectivity index (χ1v) is 14.7. The minimum absolute atomic E-state index is 0.0380. The first-order valence-electron chi connectivity index (χ1n) is 14.7. The van der Waals surface area contributed by atoms with Gasteiger partial charge in [0.25, 0.3) is 5.56 Å². The van der Waals surface area contributed by atoms with E-state index in [-0.39, 0.29) is 25.0 Å². The minimum Gasteiger partial charge on any atom is -0.493 e. The summed E-state index contributed by atoms with van der Waals surface area (Å²) in [6, 6.07) is 20.0. The Kier molecular flexibility index (Phi) is 9.47. The van der Waals surface area contributed by atoms with E-state index in [9.17, 15) is 19.2 Å². The van der Waals surface area contributed by atoms with Crippen LogP contribution in [0.2, 0.25) is 0 Å². The lowest BCUT2D eigenvalue weighted by Gasteiger charge is -2.33. The van der Waals surface area contributed by atoms with E-state index in [0.717, 1.165) is 11.1 Å². The number of aryl methyl sites for hydroxylation is 1. The van der Waals surface area contributed by atoms with Crippen molar-refractivity contribution in [3.8, 4) is 11.5 Å². The fourth-order valence-electron chi connectivity index (χ4n) is 5.68. The number of amides is 1. The molecule has 1 fully saturated rings. The second-order valence-electron chi connectivity index (χ2n) is 11.0. The van der Waals surface area contributed by atoms with E-state index in [1.165, 1.54) is 11.7 Å². The topological polar surface area (TPSA) is 109 Å². The monoisotopic (exact) mass is 599 g/mol. The quantitative estimate of drug-likeness (QED) is 0.259. The lowest BCUT2D eigenvalue weighted by molar-refractivity contribution is -0.116. The second-order valence-corrected chi connectivity index (χ2v) is 11.0. The van der Waals surface area contributed by atoms with Gasteiger partial charge in [0.2, 0.25) is 0 Å². The first kappa shape index (κ1) is 30.6. The van der Waals surface area contributed by atoms with Gasteiger partial charge in [0.1, 0.15) is 12.4 Å². The van der Waals surface area contributed by atoms with Crippen LogP contribution in [0.3, 0.4) is 0 Å². The molecule has 10 nitrogen and oxygen atoms in total. The van der Waals surface area contributed by atoms with Crippen LogP contribution in [0.5, 0.6) is 11.5 Å². The number of hydrogen-bond acceptors (Lipinski definition) is 7. The van der Waals surface area contributed by atoms with Crippen molar-refractivity contribution >= 4 is 22.8 Å². The van der Waals surface area contributed by atoms with Crippen molar-refractivity contribution in [2.24, 2.45) is 0 Å². The highest BCUT2D eigenvalue weighted by molar-refractivity contribution is 5.80. The molecule has 1 aliphatic heterocycles. The number of aromatic nitrogens is 2. The van der Waals surface area contributed by atoms with Gasteiger partial charge in [0, 0.05) is 25.6 Å². The molecule has 0 radical (unpaired) electrons. The number of piperidine rings is 1. The fraction of sp³-hybridized carbons (Fsp3) is 0.353. The van der Waals surface area contributed by atoms with Crippen LogP contribution in [0.4, 0.5) is 4.79 Å². The fourth-order valence-corrected chi connectivity index (χ4v) is 5.68. The number of hydrogen-bond donors (Lipinski definition) is 0.